The summed E-state index contributed by atoms with van der Waals surface area (Å²) in [6.45, 7) is 5.09. The lowest BCUT2D eigenvalue weighted by atomic mass is 9.89. The Kier molecular flexibility index (Phi) is 7.69. The summed E-state index contributed by atoms with van der Waals surface area (Å²) in [6.07, 6.45) is 2.56. The third-order valence-corrected chi connectivity index (χ3v) is 6.54. The number of halogens is 2. The van der Waals surface area contributed by atoms with Crippen molar-refractivity contribution >= 4 is 28.8 Å². The minimum atomic E-state index is -1.21. The fraction of sp³-hybridized carbons (Fsp3) is 0.241. The Morgan fingerprint density at radius 2 is 1.76 bits per heavy atom. The highest BCUT2D eigenvalue weighted by Crippen LogP contribution is 2.45. The zero-order chi connectivity index (χ0) is 26.7. The summed E-state index contributed by atoms with van der Waals surface area (Å²) in [4.78, 5) is 11.4. The molecule has 1 saturated heterocycles. The van der Waals surface area contributed by atoms with Crippen LogP contribution in [0.2, 0.25) is 0 Å². The van der Waals surface area contributed by atoms with Crippen molar-refractivity contribution in [2.75, 3.05) is 18.9 Å². The molecule has 0 amide bonds. The van der Waals surface area contributed by atoms with Gasteiger partial charge < -0.3 is 25.6 Å². The number of carbonyl (C=O) groups is 1. The second-order valence-electron chi connectivity index (χ2n) is 8.60. The number of benzene rings is 3. The van der Waals surface area contributed by atoms with Gasteiger partial charge in [-0.1, -0.05) is 19.9 Å². The molecule has 0 unspecified atom stereocenters. The standard InChI is InChI=1S/C27H23F2N3O3.C2H6/c28-18-2-4-19(5-3-18)32-24-12-17(14-30)23(31)13-21(24)25(26(32)15-7-9-35-10-8-15)20-6-1-16(27(33)34)11-22(20)29;1-2/h1-6,11-15,30H,7-10,31H2,(H,33,34);1-2H3. The molecule has 0 aliphatic carbocycles. The molecule has 0 bridgehead atoms. The zero-order valence-electron chi connectivity index (χ0n) is 20.7. The normalized spacial score (nSPS) is 13.7. The van der Waals surface area contributed by atoms with E-state index in [1.807, 2.05) is 18.4 Å². The lowest BCUT2D eigenvalue weighted by molar-refractivity contribution is 0.0696. The summed E-state index contributed by atoms with van der Waals surface area (Å²) < 4.78 is 36.8. The largest absolute Gasteiger partial charge is 0.478 e. The Hall–Kier alpha value is -4.04. The van der Waals surface area contributed by atoms with Crippen LogP contribution < -0.4 is 5.73 Å². The van der Waals surface area contributed by atoms with Gasteiger partial charge in [0.15, 0.2) is 0 Å². The predicted octanol–water partition coefficient (Wildman–Crippen LogP) is 6.77. The minimum Gasteiger partial charge on any atom is -0.478 e. The molecule has 0 radical (unpaired) electrons. The monoisotopic (exact) mass is 505 g/mol. The van der Waals surface area contributed by atoms with Gasteiger partial charge in [-0.25, -0.2) is 13.6 Å². The van der Waals surface area contributed by atoms with Gasteiger partial charge in [0, 0.05) is 64.5 Å². The van der Waals surface area contributed by atoms with E-state index < -0.39 is 11.8 Å². The average Bonchev–Trinajstić information content (AvgIpc) is 3.23. The Bertz CT molecular complexity index is 1460. The SMILES string of the molecule is CC.N=Cc1cc2c(cc1N)c(-c1ccc(C(=O)O)cc1F)c(C1CCOCC1)n2-c1ccc(F)cc1. The van der Waals surface area contributed by atoms with E-state index in [2.05, 4.69) is 0 Å². The van der Waals surface area contributed by atoms with Crippen molar-refractivity contribution in [1.82, 2.24) is 4.57 Å². The number of fused-ring (bicyclic) bond motifs is 1. The summed E-state index contributed by atoms with van der Waals surface area (Å²) in [5, 5.41) is 17.8. The van der Waals surface area contributed by atoms with Crippen LogP contribution in [-0.2, 0) is 4.74 Å². The first-order chi connectivity index (χ1) is 17.9. The maximum atomic E-state index is 15.5. The van der Waals surface area contributed by atoms with Crippen LogP contribution in [0.3, 0.4) is 0 Å². The molecular formula is C29H29F2N3O3. The van der Waals surface area contributed by atoms with Crippen molar-refractivity contribution in [2.24, 2.45) is 0 Å². The van der Waals surface area contributed by atoms with Crippen LogP contribution in [0.1, 0.15) is 54.2 Å². The molecule has 1 aliphatic heterocycles. The molecule has 0 atom stereocenters. The van der Waals surface area contributed by atoms with Gasteiger partial charge in [0.2, 0.25) is 0 Å². The number of anilines is 1. The third-order valence-electron chi connectivity index (χ3n) is 6.54. The maximum Gasteiger partial charge on any atom is 0.335 e. The van der Waals surface area contributed by atoms with Crippen LogP contribution >= 0.6 is 0 Å². The number of nitrogens with two attached hydrogens (primary N) is 1. The zero-order valence-corrected chi connectivity index (χ0v) is 20.7. The highest BCUT2D eigenvalue weighted by atomic mass is 19.1. The maximum absolute atomic E-state index is 15.5. The molecule has 3 aromatic carbocycles. The number of nitrogens with one attached hydrogen (secondary N) is 1. The molecule has 4 aromatic rings. The fourth-order valence-corrected chi connectivity index (χ4v) is 4.87. The molecule has 1 fully saturated rings. The van der Waals surface area contributed by atoms with Gasteiger partial charge in [0.25, 0.3) is 0 Å². The molecule has 5 rings (SSSR count). The van der Waals surface area contributed by atoms with E-state index in [0.29, 0.717) is 59.5 Å². The van der Waals surface area contributed by atoms with Crippen LogP contribution in [-0.4, -0.2) is 35.1 Å². The summed E-state index contributed by atoms with van der Waals surface area (Å²) >= 11 is 0. The number of ether oxygens (including phenoxy) is 1. The lowest BCUT2D eigenvalue weighted by Gasteiger charge is -2.26. The van der Waals surface area contributed by atoms with Crippen molar-refractivity contribution < 1.29 is 23.4 Å². The Morgan fingerprint density at radius 1 is 1.08 bits per heavy atom. The van der Waals surface area contributed by atoms with Crippen molar-refractivity contribution in [2.45, 2.75) is 32.6 Å². The fourth-order valence-electron chi connectivity index (χ4n) is 4.87. The first-order valence-electron chi connectivity index (χ1n) is 12.2. The van der Waals surface area contributed by atoms with E-state index in [1.165, 1.54) is 24.3 Å². The number of nitrogens with zero attached hydrogens (tertiary/aromatic N) is 1. The molecule has 1 aliphatic rings. The van der Waals surface area contributed by atoms with Crippen LogP contribution in [0.5, 0.6) is 0 Å². The van der Waals surface area contributed by atoms with E-state index in [1.54, 1.807) is 24.3 Å². The number of hydrogen-bond donors (Lipinski definition) is 3. The van der Waals surface area contributed by atoms with Gasteiger partial charge in [-0.3, -0.25) is 0 Å². The van der Waals surface area contributed by atoms with Crippen LogP contribution in [0, 0.1) is 17.0 Å². The number of rotatable bonds is 5. The van der Waals surface area contributed by atoms with E-state index in [-0.39, 0.29) is 22.9 Å². The smallest absolute Gasteiger partial charge is 0.335 e. The van der Waals surface area contributed by atoms with E-state index in [9.17, 15) is 14.3 Å². The molecular weight excluding hydrogens is 476 g/mol. The molecule has 2 heterocycles. The molecule has 6 nitrogen and oxygen atoms in total. The van der Waals surface area contributed by atoms with Gasteiger partial charge in [0.05, 0.1) is 11.1 Å². The first-order valence-corrected chi connectivity index (χ1v) is 12.2. The summed E-state index contributed by atoms with van der Waals surface area (Å²) in [6, 6.07) is 13.4. The topological polar surface area (TPSA) is 101 Å². The Labute approximate surface area is 213 Å². The molecule has 0 spiro atoms. The number of aromatic carboxylic acids is 1. The molecule has 37 heavy (non-hydrogen) atoms. The van der Waals surface area contributed by atoms with Gasteiger partial charge in [-0.2, -0.15) is 0 Å². The van der Waals surface area contributed by atoms with Crippen molar-refractivity contribution in [3.8, 4) is 16.8 Å². The summed E-state index contributed by atoms with van der Waals surface area (Å²) in [5.41, 5.74) is 10.0. The van der Waals surface area contributed by atoms with Gasteiger partial charge in [-0.15, -0.1) is 0 Å². The van der Waals surface area contributed by atoms with E-state index >= 15 is 4.39 Å². The Balaban J connectivity index is 0.00000156. The highest BCUT2D eigenvalue weighted by Gasteiger charge is 2.29. The minimum absolute atomic E-state index is 0.000547. The molecule has 1 aromatic heterocycles. The van der Waals surface area contributed by atoms with Crippen LogP contribution in [0.4, 0.5) is 14.5 Å². The molecule has 0 saturated carbocycles. The van der Waals surface area contributed by atoms with Gasteiger partial charge in [0.1, 0.15) is 11.6 Å². The lowest BCUT2D eigenvalue weighted by Crippen LogP contribution is -2.17. The molecule has 192 valence electrons. The van der Waals surface area contributed by atoms with E-state index in [4.69, 9.17) is 15.9 Å². The second kappa shape index (κ2) is 10.9. The second-order valence-corrected chi connectivity index (χ2v) is 8.60. The highest BCUT2D eigenvalue weighted by molar-refractivity contribution is 6.05. The van der Waals surface area contributed by atoms with Crippen LogP contribution in [0.25, 0.3) is 27.7 Å². The van der Waals surface area contributed by atoms with Crippen molar-refractivity contribution in [1.29, 1.82) is 5.41 Å². The number of aromatic nitrogens is 1. The van der Waals surface area contributed by atoms with E-state index in [0.717, 1.165) is 18.0 Å². The van der Waals surface area contributed by atoms with Gasteiger partial charge >= 0.3 is 5.97 Å². The summed E-state index contributed by atoms with van der Waals surface area (Å²) in [5.74, 6) is -2.25. The number of carboxylic acids is 1. The van der Waals surface area contributed by atoms with Crippen molar-refractivity contribution in [3.05, 3.63) is 83.1 Å². The summed E-state index contributed by atoms with van der Waals surface area (Å²) in [7, 11) is 0. The quantitative estimate of drug-likeness (QED) is 0.206. The van der Waals surface area contributed by atoms with Gasteiger partial charge in [-0.05, 0) is 61.4 Å². The molecule has 4 N–H and O–H groups in total. The molecule has 8 heteroatoms. The third kappa shape index (κ3) is 4.84. The number of nitrogen functional groups attached to an aromatic ring is 1. The number of carboxylic acid groups (broad SMARTS) is 1. The first kappa shape index (κ1) is 26.0. The average molecular weight is 506 g/mol. The van der Waals surface area contributed by atoms with Crippen LogP contribution in [0.15, 0.2) is 54.6 Å². The number of hydrogen-bond acceptors (Lipinski definition) is 4. The Morgan fingerprint density at radius 3 is 2.35 bits per heavy atom. The predicted molar refractivity (Wildman–Crippen MR) is 142 cm³/mol. The van der Waals surface area contributed by atoms with Crippen molar-refractivity contribution in [3.63, 3.8) is 0 Å².